The largest absolute Gasteiger partial charge is 0.465 e. The van der Waals surface area contributed by atoms with Crippen molar-refractivity contribution in [3.05, 3.63) is 83.9 Å². The highest BCUT2D eigenvalue weighted by Gasteiger charge is 2.47. The lowest BCUT2D eigenvalue weighted by Crippen LogP contribution is -2.34. The Morgan fingerprint density at radius 1 is 0.980 bits per heavy atom. The first-order valence-electron chi connectivity index (χ1n) is 17.5. The number of likely N-dealkylation sites (tertiary alicyclic amines) is 1. The molecule has 0 spiro atoms. The van der Waals surface area contributed by atoms with Crippen LogP contribution in [0.25, 0.3) is 11.2 Å². The van der Waals surface area contributed by atoms with Crippen LogP contribution < -0.4 is 10.6 Å². The highest BCUT2D eigenvalue weighted by molar-refractivity contribution is 5.84. The molecule has 4 atom stereocenters. The van der Waals surface area contributed by atoms with Crippen molar-refractivity contribution in [2.75, 3.05) is 50.0 Å². The fourth-order valence-corrected chi connectivity index (χ4v) is 6.67. The molecule has 0 radical (unpaired) electrons. The van der Waals surface area contributed by atoms with Crippen LogP contribution in [0.1, 0.15) is 61.4 Å². The van der Waals surface area contributed by atoms with Crippen LogP contribution in [0.5, 0.6) is 0 Å². The van der Waals surface area contributed by atoms with Gasteiger partial charge in [0.1, 0.15) is 12.2 Å². The number of aliphatic hydroxyl groups is 2. The maximum atomic E-state index is 11.9. The molecule has 2 aliphatic rings. The van der Waals surface area contributed by atoms with Gasteiger partial charge in [0.2, 0.25) is 11.8 Å². The van der Waals surface area contributed by atoms with Crippen LogP contribution in [0.2, 0.25) is 0 Å². The van der Waals surface area contributed by atoms with E-state index in [9.17, 15) is 15.0 Å². The molecule has 3 aromatic heterocycles. The van der Waals surface area contributed by atoms with Gasteiger partial charge >= 0.3 is 5.97 Å². The Bertz CT molecular complexity index is 1840. The van der Waals surface area contributed by atoms with Crippen LogP contribution in [0.4, 0.5) is 11.8 Å². The number of piperidine rings is 1. The number of ether oxygens (including phenoxy) is 2. The Hall–Kier alpha value is -5.03. The third kappa shape index (κ3) is 7.83. The van der Waals surface area contributed by atoms with Gasteiger partial charge in [0.15, 0.2) is 35.9 Å². The first-order chi connectivity index (χ1) is 25.0. The standard InChI is InChI=1S/C35H43N11O5/c1-2-50-26(47)21-46-42-32(41-43-46)30-28(48)29(49)34(51-30)45-22-38-27-31(39-35(40-33(27)45)36-16-19-44-17-10-5-11-18-44)37-20-25(23-12-6-3-7-13-23)24-14-8-4-9-15-24/h3-4,6-9,12-15,22,25,28-30,34,48-49H,2,5,10-11,16-21H2,1H3,(H2,36,37,39,40)/t28-,29+,30-,34+/m0/s1. The van der Waals surface area contributed by atoms with E-state index < -0.39 is 30.5 Å². The number of imidazole rings is 1. The van der Waals surface area contributed by atoms with Gasteiger partial charge in [0, 0.05) is 25.6 Å². The van der Waals surface area contributed by atoms with E-state index in [1.807, 2.05) is 36.4 Å². The van der Waals surface area contributed by atoms with Crippen molar-refractivity contribution in [3.63, 3.8) is 0 Å². The number of aromatic nitrogens is 8. The third-order valence-electron chi connectivity index (χ3n) is 9.27. The van der Waals surface area contributed by atoms with E-state index in [-0.39, 0.29) is 24.9 Å². The number of benzene rings is 2. The Labute approximate surface area is 294 Å². The smallest absolute Gasteiger partial charge is 0.329 e. The molecule has 0 unspecified atom stereocenters. The highest BCUT2D eigenvalue weighted by atomic mass is 16.6. The number of esters is 1. The van der Waals surface area contributed by atoms with Gasteiger partial charge in [-0.1, -0.05) is 67.1 Å². The van der Waals surface area contributed by atoms with E-state index >= 15 is 0 Å². The lowest BCUT2D eigenvalue weighted by molar-refractivity contribution is -0.144. The molecule has 5 aromatic rings. The maximum Gasteiger partial charge on any atom is 0.329 e. The average Bonchev–Trinajstić information content (AvgIpc) is 3.87. The van der Waals surface area contributed by atoms with Crippen LogP contribution in [0, 0.1) is 0 Å². The molecular weight excluding hydrogens is 654 g/mol. The topological polar surface area (TPSA) is 190 Å². The maximum absolute atomic E-state index is 11.9. The fourth-order valence-electron chi connectivity index (χ4n) is 6.67. The summed E-state index contributed by atoms with van der Waals surface area (Å²) >= 11 is 0. The second kappa shape index (κ2) is 15.9. The van der Waals surface area contributed by atoms with E-state index in [0.29, 0.717) is 36.0 Å². The molecule has 4 N–H and O–H groups in total. The number of carbonyl (C=O) groups is 1. The van der Waals surface area contributed by atoms with Crippen molar-refractivity contribution in [2.45, 2.75) is 63.2 Å². The van der Waals surface area contributed by atoms with Crippen LogP contribution in [0.3, 0.4) is 0 Å². The number of rotatable bonds is 14. The Kier molecular flexibility index (Phi) is 10.7. The molecule has 5 heterocycles. The number of nitrogens with zero attached hydrogens (tertiary/aromatic N) is 9. The molecule has 2 aliphatic heterocycles. The van der Waals surface area contributed by atoms with Gasteiger partial charge < -0.3 is 35.2 Å². The Balaban J connectivity index is 1.17. The summed E-state index contributed by atoms with van der Waals surface area (Å²) in [5, 5.41) is 41.3. The summed E-state index contributed by atoms with van der Waals surface area (Å²) in [6, 6.07) is 20.6. The fraction of sp³-hybridized carbons (Fsp3) is 0.457. The summed E-state index contributed by atoms with van der Waals surface area (Å²) in [7, 11) is 0. The number of hydrogen-bond acceptors (Lipinski definition) is 14. The predicted octanol–water partition coefficient (Wildman–Crippen LogP) is 2.51. The minimum absolute atomic E-state index is 0.0164. The molecule has 2 aromatic carbocycles. The molecule has 2 fully saturated rings. The van der Waals surface area contributed by atoms with Gasteiger partial charge in [0.05, 0.1) is 12.9 Å². The van der Waals surface area contributed by atoms with Crippen molar-refractivity contribution in [2.24, 2.45) is 0 Å². The average molecular weight is 698 g/mol. The number of nitrogens with one attached hydrogen (secondary N) is 2. The molecule has 7 rings (SSSR count). The zero-order valence-corrected chi connectivity index (χ0v) is 28.5. The van der Waals surface area contributed by atoms with E-state index in [1.165, 1.54) is 25.6 Å². The SMILES string of the molecule is CCOC(=O)Cn1nnc([C@H]2O[C@@H](n3cnc4c(NCC(c5ccccc5)c5ccccc5)nc(NCCN5CCCCC5)nc43)[C@H](O)[C@@H]2O)n1. The molecule has 16 heteroatoms. The van der Waals surface area contributed by atoms with Gasteiger partial charge in [-0.25, -0.2) is 9.78 Å². The number of anilines is 2. The second-order valence-electron chi connectivity index (χ2n) is 12.7. The normalized spacial score (nSPS) is 20.9. The lowest BCUT2D eigenvalue weighted by Gasteiger charge is -2.26. The molecule has 0 saturated carbocycles. The Morgan fingerprint density at radius 2 is 1.71 bits per heavy atom. The minimum Gasteiger partial charge on any atom is -0.465 e. The van der Waals surface area contributed by atoms with Gasteiger partial charge in [0.25, 0.3) is 0 Å². The molecule has 268 valence electrons. The van der Waals surface area contributed by atoms with E-state index in [1.54, 1.807) is 11.5 Å². The number of carbonyl (C=O) groups excluding carboxylic acids is 1. The van der Waals surface area contributed by atoms with Crippen LogP contribution in [-0.2, 0) is 20.8 Å². The van der Waals surface area contributed by atoms with Gasteiger partial charge in [-0.3, -0.25) is 4.57 Å². The summed E-state index contributed by atoms with van der Waals surface area (Å²) in [6.45, 7) is 5.85. The van der Waals surface area contributed by atoms with E-state index in [0.717, 1.165) is 35.6 Å². The number of fused-ring (bicyclic) bond motifs is 1. The van der Waals surface area contributed by atoms with Gasteiger partial charge in [-0.2, -0.15) is 14.8 Å². The molecule has 16 nitrogen and oxygen atoms in total. The second-order valence-corrected chi connectivity index (χ2v) is 12.7. The van der Waals surface area contributed by atoms with Crippen molar-refractivity contribution in [1.29, 1.82) is 0 Å². The number of aliphatic hydroxyl groups excluding tert-OH is 2. The lowest BCUT2D eigenvalue weighted by atomic mass is 9.91. The summed E-state index contributed by atoms with van der Waals surface area (Å²) in [5.74, 6) is 0.427. The first kappa shape index (κ1) is 34.4. The van der Waals surface area contributed by atoms with Crippen LogP contribution in [0.15, 0.2) is 67.0 Å². The molecule has 51 heavy (non-hydrogen) atoms. The molecule has 0 aliphatic carbocycles. The summed E-state index contributed by atoms with van der Waals surface area (Å²) in [4.78, 5) is 29.8. The van der Waals surface area contributed by atoms with Gasteiger partial charge in [-0.05, 0) is 49.2 Å². The van der Waals surface area contributed by atoms with Crippen molar-refractivity contribution < 1.29 is 24.5 Å². The van der Waals surface area contributed by atoms with Crippen LogP contribution >= 0.6 is 0 Å². The molecule has 2 saturated heterocycles. The molecular formula is C35H43N11O5. The van der Waals surface area contributed by atoms with Crippen molar-refractivity contribution in [1.82, 2.24) is 44.6 Å². The summed E-state index contributed by atoms with van der Waals surface area (Å²) < 4.78 is 12.7. The van der Waals surface area contributed by atoms with Gasteiger partial charge in [-0.15, -0.1) is 10.2 Å². The Morgan fingerprint density at radius 3 is 2.41 bits per heavy atom. The third-order valence-corrected chi connectivity index (χ3v) is 9.27. The van der Waals surface area contributed by atoms with Crippen molar-refractivity contribution in [3.8, 4) is 0 Å². The summed E-state index contributed by atoms with van der Waals surface area (Å²) in [5.41, 5.74) is 3.19. The zero-order chi connectivity index (χ0) is 35.2. The number of tetrazole rings is 1. The zero-order valence-electron chi connectivity index (χ0n) is 28.5. The first-order valence-corrected chi connectivity index (χ1v) is 17.5. The highest BCUT2D eigenvalue weighted by Crippen LogP contribution is 2.39. The van der Waals surface area contributed by atoms with E-state index in [4.69, 9.17) is 19.4 Å². The molecule has 0 bridgehead atoms. The monoisotopic (exact) mass is 697 g/mol. The predicted molar refractivity (Wildman–Crippen MR) is 187 cm³/mol. The molecule has 0 amide bonds. The van der Waals surface area contributed by atoms with Crippen molar-refractivity contribution >= 4 is 28.9 Å². The number of hydrogen-bond donors (Lipinski definition) is 4. The summed E-state index contributed by atoms with van der Waals surface area (Å²) in [6.07, 6.45) is 0.194. The quantitative estimate of drug-likeness (QED) is 0.124. The van der Waals surface area contributed by atoms with Crippen LogP contribution in [-0.4, -0.2) is 112 Å². The minimum atomic E-state index is -1.40. The van der Waals surface area contributed by atoms with E-state index in [2.05, 4.69) is 60.2 Å².